The lowest BCUT2D eigenvalue weighted by atomic mass is 9.95. The number of hydrogen-bond donors (Lipinski definition) is 0. The molecule has 0 saturated heterocycles. The summed E-state index contributed by atoms with van der Waals surface area (Å²) in [7, 11) is 0. The number of fused-ring (bicyclic) bond motifs is 2. The SMILES string of the molecule is Cc1c2c(=O)n3n(c(=O)c2c(C)n1Cc1ccccc1)C1C=CC3CC1. The molecule has 2 atom stereocenters. The number of rotatable bonds is 2. The van der Waals surface area contributed by atoms with E-state index in [4.69, 9.17) is 0 Å². The quantitative estimate of drug-likeness (QED) is 0.669. The largest absolute Gasteiger partial charge is 0.343 e. The van der Waals surface area contributed by atoms with Crippen LogP contribution in [0.2, 0.25) is 0 Å². The molecule has 26 heavy (non-hydrogen) atoms. The van der Waals surface area contributed by atoms with Gasteiger partial charge in [0.15, 0.2) is 0 Å². The minimum absolute atomic E-state index is 0.00165. The van der Waals surface area contributed by atoms with Gasteiger partial charge in [0.2, 0.25) is 0 Å². The Hall–Kier alpha value is -2.82. The van der Waals surface area contributed by atoms with Crippen molar-refractivity contribution in [2.45, 2.75) is 45.3 Å². The molecule has 1 aliphatic carbocycles. The second-order valence-corrected chi connectivity index (χ2v) is 7.39. The van der Waals surface area contributed by atoms with Crippen LogP contribution in [-0.4, -0.2) is 13.9 Å². The molecule has 3 aromatic rings. The maximum atomic E-state index is 13.3. The first-order valence-corrected chi connectivity index (χ1v) is 9.17. The van der Waals surface area contributed by atoms with Crippen LogP contribution in [0.25, 0.3) is 10.8 Å². The van der Waals surface area contributed by atoms with Crippen LogP contribution in [-0.2, 0) is 6.54 Å². The van der Waals surface area contributed by atoms with Crippen LogP contribution < -0.4 is 11.1 Å². The van der Waals surface area contributed by atoms with E-state index in [1.54, 1.807) is 9.36 Å². The summed E-state index contributed by atoms with van der Waals surface area (Å²) in [5.41, 5.74) is 2.84. The molecule has 0 spiro atoms. The summed E-state index contributed by atoms with van der Waals surface area (Å²) in [6, 6.07) is 10.1. The molecule has 0 N–H and O–H groups in total. The number of hydrogen-bond acceptors (Lipinski definition) is 2. The Labute approximate surface area is 150 Å². The fraction of sp³-hybridized carbons (Fsp3) is 0.333. The van der Waals surface area contributed by atoms with Gasteiger partial charge in [-0.2, -0.15) is 0 Å². The molecular weight excluding hydrogens is 326 g/mol. The minimum Gasteiger partial charge on any atom is -0.343 e. The highest BCUT2D eigenvalue weighted by Crippen LogP contribution is 2.34. The third-order valence-electron chi connectivity index (χ3n) is 5.98. The monoisotopic (exact) mass is 347 g/mol. The summed E-state index contributed by atoms with van der Waals surface area (Å²) in [5, 5.41) is 1.17. The molecule has 2 unspecified atom stereocenters. The fourth-order valence-corrected chi connectivity index (χ4v) is 4.65. The van der Waals surface area contributed by atoms with Crippen molar-refractivity contribution in [3.8, 4) is 0 Å². The van der Waals surface area contributed by atoms with E-state index < -0.39 is 0 Å². The van der Waals surface area contributed by atoms with Crippen LogP contribution in [0.1, 0.15) is 41.9 Å². The topological polar surface area (TPSA) is 48.9 Å². The Kier molecular flexibility index (Phi) is 3.17. The summed E-state index contributed by atoms with van der Waals surface area (Å²) in [6.07, 6.45) is 6.00. The molecule has 5 heteroatoms. The van der Waals surface area contributed by atoms with Gasteiger partial charge >= 0.3 is 0 Å². The highest BCUT2D eigenvalue weighted by molar-refractivity contribution is 5.87. The number of aromatic nitrogens is 3. The van der Waals surface area contributed by atoms with Crippen LogP contribution in [0.5, 0.6) is 0 Å². The summed E-state index contributed by atoms with van der Waals surface area (Å²) >= 11 is 0. The van der Waals surface area contributed by atoms with E-state index in [0.717, 1.165) is 29.8 Å². The maximum Gasteiger partial charge on any atom is 0.275 e. The van der Waals surface area contributed by atoms with Crippen molar-refractivity contribution in [3.05, 3.63) is 80.1 Å². The van der Waals surface area contributed by atoms with Crippen LogP contribution in [0.15, 0.2) is 52.1 Å². The Balaban J connectivity index is 1.82. The molecule has 2 aromatic heterocycles. The van der Waals surface area contributed by atoms with Gasteiger partial charge in [-0.3, -0.25) is 9.59 Å². The predicted molar refractivity (Wildman–Crippen MR) is 102 cm³/mol. The maximum absolute atomic E-state index is 13.3. The van der Waals surface area contributed by atoms with Crippen molar-refractivity contribution >= 4 is 10.8 Å². The molecule has 2 aliphatic heterocycles. The molecule has 132 valence electrons. The van der Waals surface area contributed by atoms with E-state index in [0.29, 0.717) is 17.3 Å². The van der Waals surface area contributed by atoms with Gasteiger partial charge in [0, 0.05) is 17.9 Å². The molecule has 0 saturated carbocycles. The van der Waals surface area contributed by atoms with Crippen molar-refractivity contribution in [2.75, 3.05) is 0 Å². The van der Waals surface area contributed by atoms with E-state index in [1.165, 1.54) is 0 Å². The lowest BCUT2D eigenvalue weighted by molar-refractivity contribution is 0.249. The van der Waals surface area contributed by atoms with E-state index in [-0.39, 0.29) is 23.2 Å². The van der Waals surface area contributed by atoms with E-state index in [1.807, 2.05) is 32.0 Å². The van der Waals surface area contributed by atoms with E-state index in [2.05, 4.69) is 28.9 Å². The summed E-state index contributed by atoms with van der Waals surface area (Å²) in [6.45, 7) is 4.57. The van der Waals surface area contributed by atoms with Crippen molar-refractivity contribution in [1.29, 1.82) is 0 Å². The van der Waals surface area contributed by atoms with E-state index in [9.17, 15) is 9.59 Å². The smallest absolute Gasteiger partial charge is 0.275 e. The second-order valence-electron chi connectivity index (χ2n) is 7.39. The number of allylic oxidation sites excluding steroid dienone is 2. The number of benzene rings is 1. The molecule has 0 amide bonds. The van der Waals surface area contributed by atoms with Crippen LogP contribution in [0.4, 0.5) is 0 Å². The van der Waals surface area contributed by atoms with Crippen molar-refractivity contribution < 1.29 is 0 Å². The lowest BCUT2D eigenvalue weighted by Gasteiger charge is -2.36. The lowest BCUT2D eigenvalue weighted by Crippen LogP contribution is -2.46. The molecule has 3 aliphatic rings. The molecule has 4 heterocycles. The average Bonchev–Trinajstić information content (AvgIpc) is 2.92. The Morgan fingerprint density at radius 3 is 1.81 bits per heavy atom. The van der Waals surface area contributed by atoms with E-state index >= 15 is 0 Å². The average molecular weight is 347 g/mol. The summed E-state index contributed by atoms with van der Waals surface area (Å²) in [4.78, 5) is 26.6. The van der Waals surface area contributed by atoms with Crippen LogP contribution in [0.3, 0.4) is 0 Å². The number of aryl methyl sites for hydroxylation is 2. The standard InChI is InChI=1S/C21H21N3O2/c1-13-18-19(14(2)22(13)12-15-6-4-3-5-7-15)21(26)24-17-10-8-16(9-11-17)23(24)20(18)25/h3-8,10,16-17H,9,11-12H2,1-2H3. The first-order valence-electron chi connectivity index (χ1n) is 9.17. The molecule has 0 radical (unpaired) electrons. The third kappa shape index (κ3) is 1.91. The van der Waals surface area contributed by atoms with Gasteiger partial charge in [-0.05, 0) is 32.3 Å². The highest BCUT2D eigenvalue weighted by atomic mass is 16.2. The zero-order valence-corrected chi connectivity index (χ0v) is 15.0. The van der Waals surface area contributed by atoms with Crippen molar-refractivity contribution in [3.63, 3.8) is 0 Å². The van der Waals surface area contributed by atoms with Crippen LogP contribution >= 0.6 is 0 Å². The van der Waals surface area contributed by atoms with Gasteiger partial charge in [-0.15, -0.1) is 0 Å². The van der Waals surface area contributed by atoms with Gasteiger partial charge in [0.25, 0.3) is 11.1 Å². The molecule has 5 nitrogen and oxygen atoms in total. The van der Waals surface area contributed by atoms with Crippen molar-refractivity contribution in [1.82, 2.24) is 13.9 Å². The highest BCUT2D eigenvalue weighted by Gasteiger charge is 2.33. The Morgan fingerprint density at radius 2 is 1.35 bits per heavy atom. The number of nitrogens with zero attached hydrogens (tertiary/aromatic N) is 3. The van der Waals surface area contributed by atoms with Gasteiger partial charge in [0.05, 0.1) is 22.9 Å². The minimum atomic E-state index is -0.0361. The molecule has 2 bridgehead atoms. The van der Waals surface area contributed by atoms with Gasteiger partial charge in [-0.25, -0.2) is 9.36 Å². The van der Waals surface area contributed by atoms with Gasteiger partial charge in [0.1, 0.15) is 0 Å². The van der Waals surface area contributed by atoms with Crippen LogP contribution in [0, 0.1) is 13.8 Å². The second kappa shape index (κ2) is 5.34. The molecular formula is C21H21N3O2. The first kappa shape index (κ1) is 15.4. The zero-order chi connectivity index (χ0) is 18.0. The molecule has 0 fully saturated rings. The normalized spacial score (nSPS) is 20.7. The first-order chi connectivity index (χ1) is 12.6. The zero-order valence-electron chi connectivity index (χ0n) is 15.0. The molecule has 1 aromatic carbocycles. The van der Waals surface area contributed by atoms with Gasteiger partial charge in [-0.1, -0.05) is 42.5 Å². The summed E-state index contributed by atoms with van der Waals surface area (Å²) < 4.78 is 5.49. The van der Waals surface area contributed by atoms with Crippen molar-refractivity contribution in [2.24, 2.45) is 0 Å². The third-order valence-corrected chi connectivity index (χ3v) is 5.98. The fourth-order valence-electron chi connectivity index (χ4n) is 4.65. The Bertz CT molecular complexity index is 1110. The van der Waals surface area contributed by atoms with Gasteiger partial charge < -0.3 is 4.57 Å². The summed E-state index contributed by atoms with van der Waals surface area (Å²) in [5.74, 6) is 0. The predicted octanol–water partition coefficient (Wildman–Crippen LogP) is 3.08. The molecule has 6 rings (SSSR count). The Morgan fingerprint density at radius 1 is 0.846 bits per heavy atom.